The summed E-state index contributed by atoms with van der Waals surface area (Å²) < 4.78 is 5.05. The summed E-state index contributed by atoms with van der Waals surface area (Å²) in [6, 6.07) is 20.0. The van der Waals surface area contributed by atoms with Crippen LogP contribution < -0.4 is 4.90 Å². The van der Waals surface area contributed by atoms with Crippen LogP contribution in [0.1, 0.15) is 37.9 Å². The molecule has 3 aromatic rings. The Bertz CT molecular complexity index is 1380. The highest BCUT2D eigenvalue weighted by molar-refractivity contribution is 6.37. The highest BCUT2D eigenvalue weighted by atomic mass is 35.5. The maximum atomic E-state index is 14.1. The van der Waals surface area contributed by atoms with Gasteiger partial charge in [0.15, 0.2) is 17.1 Å². The number of fused-ring (bicyclic) bond motifs is 3. The van der Waals surface area contributed by atoms with Gasteiger partial charge in [0.25, 0.3) is 0 Å². The van der Waals surface area contributed by atoms with Gasteiger partial charge in [-0.05, 0) is 30.2 Å². The van der Waals surface area contributed by atoms with Crippen molar-refractivity contribution >= 4 is 40.8 Å². The van der Waals surface area contributed by atoms with Crippen LogP contribution in [0.4, 0.5) is 5.69 Å². The average molecular weight is 472 g/mol. The Morgan fingerprint density at radius 3 is 2.06 bits per heavy atom. The van der Waals surface area contributed by atoms with Gasteiger partial charge < -0.3 is 9.64 Å². The maximum Gasteiger partial charge on any atom is 0.320 e. The Hall–Kier alpha value is -3.77. The summed E-state index contributed by atoms with van der Waals surface area (Å²) in [4.78, 5) is 56.1. The zero-order valence-corrected chi connectivity index (χ0v) is 18.8. The molecule has 3 aliphatic rings. The minimum Gasteiger partial charge on any atom is -0.393 e. The first-order valence-electron chi connectivity index (χ1n) is 10.9. The molecule has 2 saturated heterocycles. The van der Waals surface area contributed by atoms with Crippen LogP contribution in [0.3, 0.4) is 0 Å². The van der Waals surface area contributed by atoms with Gasteiger partial charge in [-0.1, -0.05) is 72.3 Å². The molecule has 0 unspecified atom stereocenters. The number of esters is 2. The molecule has 6 nitrogen and oxygen atoms in total. The second-order valence-electron chi connectivity index (χ2n) is 8.87. The summed E-state index contributed by atoms with van der Waals surface area (Å²) >= 11 is 6.47. The number of aryl methyl sites for hydroxylation is 1. The average Bonchev–Trinajstić information content (AvgIpc) is 3.40. The SMILES string of the molecule is Cc1ccc(N2[C@H](c3ccccc3)[C@H]3C(=O)OC(=O)[C@H]3C23C(=O)c2ccccc2C3=O)cc1Cl. The van der Waals surface area contributed by atoms with Crippen molar-refractivity contribution in [2.45, 2.75) is 18.5 Å². The molecule has 3 aromatic carbocycles. The van der Waals surface area contributed by atoms with Crippen LogP contribution in [0.5, 0.6) is 0 Å². The van der Waals surface area contributed by atoms with E-state index < -0.39 is 46.9 Å². The maximum absolute atomic E-state index is 14.1. The molecule has 0 amide bonds. The Morgan fingerprint density at radius 2 is 1.44 bits per heavy atom. The number of anilines is 1. The first-order valence-corrected chi connectivity index (χ1v) is 11.3. The molecular weight excluding hydrogens is 454 g/mol. The molecule has 2 aliphatic heterocycles. The second kappa shape index (κ2) is 7.11. The summed E-state index contributed by atoms with van der Waals surface area (Å²) in [5.74, 6) is -4.92. The number of benzene rings is 3. The zero-order valence-electron chi connectivity index (χ0n) is 18.0. The van der Waals surface area contributed by atoms with Crippen molar-refractivity contribution in [2.24, 2.45) is 11.8 Å². The van der Waals surface area contributed by atoms with E-state index in [1.807, 2.05) is 37.3 Å². The number of carbonyl (C=O) groups is 4. The van der Waals surface area contributed by atoms with Gasteiger partial charge in [0.2, 0.25) is 0 Å². The van der Waals surface area contributed by atoms with Gasteiger partial charge in [-0.25, -0.2) is 0 Å². The summed E-state index contributed by atoms with van der Waals surface area (Å²) in [7, 11) is 0. The molecule has 0 N–H and O–H groups in total. The van der Waals surface area contributed by atoms with Gasteiger partial charge in [0.1, 0.15) is 5.92 Å². The smallest absolute Gasteiger partial charge is 0.320 e. The molecule has 3 atom stereocenters. The molecule has 0 saturated carbocycles. The van der Waals surface area contributed by atoms with E-state index in [0.29, 0.717) is 16.3 Å². The summed E-state index contributed by atoms with van der Waals surface area (Å²) in [5, 5.41) is 0.445. The molecule has 2 fully saturated rings. The summed E-state index contributed by atoms with van der Waals surface area (Å²) in [6.07, 6.45) is 0. The first-order chi connectivity index (χ1) is 16.4. The van der Waals surface area contributed by atoms with E-state index in [-0.39, 0.29) is 11.1 Å². The van der Waals surface area contributed by atoms with Crippen LogP contribution in [0, 0.1) is 18.8 Å². The van der Waals surface area contributed by atoms with Crippen molar-refractivity contribution in [3.8, 4) is 0 Å². The van der Waals surface area contributed by atoms with Crippen LogP contribution in [0.15, 0.2) is 72.8 Å². The van der Waals surface area contributed by atoms with Crippen LogP contribution in [-0.4, -0.2) is 29.0 Å². The second-order valence-corrected chi connectivity index (χ2v) is 9.28. The Kier molecular flexibility index (Phi) is 4.35. The third-order valence-electron chi connectivity index (χ3n) is 7.22. The lowest BCUT2D eigenvalue weighted by atomic mass is 9.76. The fraction of sp³-hybridized carbons (Fsp3) is 0.185. The van der Waals surface area contributed by atoms with Crippen molar-refractivity contribution in [2.75, 3.05) is 4.90 Å². The number of nitrogens with zero attached hydrogens (tertiary/aromatic N) is 1. The van der Waals surface area contributed by atoms with E-state index in [0.717, 1.165) is 5.56 Å². The molecule has 0 bridgehead atoms. The quantitative estimate of drug-likeness (QED) is 0.408. The molecule has 34 heavy (non-hydrogen) atoms. The minimum atomic E-state index is -1.95. The largest absolute Gasteiger partial charge is 0.393 e. The zero-order chi connectivity index (χ0) is 23.8. The third kappa shape index (κ3) is 2.46. The van der Waals surface area contributed by atoms with Gasteiger partial charge in [0.05, 0.1) is 12.0 Å². The standard InChI is InChI=1S/C27H18ClNO5/c1-14-11-12-16(13-19(14)28)29-22(15-7-3-2-4-8-15)20-21(26(33)34-25(20)32)27(29)23(30)17-9-5-6-10-18(17)24(27)31/h2-13,20-22H,1H3/t20-,21-,22+/m0/s1. The Morgan fingerprint density at radius 1 is 0.824 bits per heavy atom. The lowest BCUT2D eigenvalue weighted by Gasteiger charge is -2.40. The fourth-order valence-electron chi connectivity index (χ4n) is 5.78. The van der Waals surface area contributed by atoms with Crippen molar-refractivity contribution in [1.82, 2.24) is 0 Å². The molecule has 6 rings (SSSR count). The van der Waals surface area contributed by atoms with Gasteiger partial charge in [0, 0.05) is 21.8 Å². The van der Waals surface area contributed by atoms with Crippen molar-refractivity contribution in [3.05, 3.63) is 100 Å². The van der Waals surface area contributed by atoms with Crippen LogP contribution in [-0.2, 0) is 14.3 Å². The van der Waals surface area contributed by atoms with Crippen molar-refractivity contribution in [1.29, 1.82) is 0 Å². The van der Waals surface area contributed by atoms with Gasteiger partial charge >= 0.3 is 11.9 Å². The van der Waals surface area contributed by atoms with E-state index in [9.17, 15) is 19.2 Å². The highest BCUT2D eigenvalue weighted by Gasteiger charge is 2.76. The molecule has 0 radical (unpaired) electrons. The predicted molar refractivity (Wildman–Crippen MR) is 124 cm³/mol. The molecule has 168 valence electrons. The Balaban J connectivity index is 1.70. The monoisotopic (exact) mass is 471 g/mol. The third-order valence-corrected chi connectivity index (χ3v) is 7.63. The van der Waals surface area contributed by atoms with E-state index in [4.69, 9.17) is 16.3 Å². The fourth-order valence-corrected chi connectivity index (χ4v) is 5.96. The normalized spacial score (nSPS) is 24.5. The number of Topliss-reactive ketones (excluding diaryl/α,β-unsaturated/α-hetero) is 2. The number of rotatable bonds is 2. The van der Waals surface area contributed by atoms with Crippen LogP contribution in [0.25, 0.3) is 0 Å². The Labute approximate surface area is 200 Å². The number of halogens is 1. The predicted octanol–water partition coefficient (Wildman–Crippen LogP) is 4.34. The minimum absolute atomic E-state index is 0.232. The number of hydrogen-bond donors (Lipinski definition) is 0. The topological polar surface area (TPSA) is 80.8 Å². The number of carbonyl (C=O) groups excluding carboxylic acids is 4. The number of hydrogen-bond acceptors (Lipinski definition) is 6. The van der Waals surface area contributed by atoms with Crippen LogP contribution in [0.2, 0.25) is 5.02 Å². The number of ketones is 2. The first kappa shape index (κ1) is 20.8. The summed E-state index contributed by atoms with van der Waals surface area (Å²) in [6.45, 7) is 1.85. The molecule has 1 spiro atoms. The number of cyclic esters (lactones) is 2. The van der Waals surface area contributed by atoms with E-state index in [2.05, 4.69) is 0 Å². The molecule has 0 aromatic heterocycles. The van der Waals surface area contributed by atoms with E-state index in [1.54, 1.807) is 47.4 Å². The van der Waals surface area contributed by atoms with Crippen molar-refractivity contribution < 1.29 is 23.9 Å². The van der Waals surface area contributed by atoms with Crippen molar-refractivity contribution in [3.63, 3.8) is 0 Å². The van der Waals surface area contributed by atoms with E-state index in [1.165, 1.54) is 0 Å². The molecule has 1 aliphatic carbocycles. The van der Waals surface area contributed by atoms with Gasteiger partial charge in [-0.15, -0.1) is 0 Å². The summed E-state index contributed by atoms with van der Waals surface area (Å²) in [5.41, 5.74) is 0.503. The van der Waals surface area contributed by atoms with Gasteiger partial charge in [-0.3, -0.25) is 19.2 Å². The lowest BCUT2D eigenvalue weighted by Crippen LogP contribution is -2.59. The molecular formula is C27H18ClNO5. The highest BCUT2D eigenvalue weighted by Crippen LogP contribution is 2.60. The molecule has 2 heterocycles. The van der Waals surface area contributed by atoms with Crippen LogP contribution >= 0.6 is 11.6 Å². The lowest BCUT2D eigenvalue weighted by molar-refractivity contribution is -0.154. The van der Waals surface area contributed by atoms with Gasteiger partial charge in [-0.2, -0.15) is 0 Å². The van der Waals surface area contributed by atoms with E-state index >= 15 is 0 Å². The molecule has 7 heteroatoms. The number of ether oxygens (including phenoxy) is 1.